The summed E-state index contributed by atoms with van der Waals surface area (Å²) < 4.78 is 30.5. The zero-order valence-electron chi connectivity index (χ0n) is 9.83. The van der Waals surface area contributed by atoms with Crippen LogP contribution in [0.5, 0.6) is 0 Å². The van der Waals surface area contributed by atoms with Gasteiger partial charge in [-0.25, -0.2) is 4.98 Å². The smallest absolute Gasteiger partial charge is 0.267 e. The summed E-state index contributed by atoms with van der Waals surface area (Å²) in [6.45, 7) is 1.49. The molecule has 5 nitrogen and oxygen atoms in total. The number of benzene rings is 1. The van der Waals surface area contributed by atoms with E-state index in [4.69, 9.17) is 4.55 Å². The van der Waals surface area contributed by atoms with Gasteiger partial charge in [0.05, 0.1) is 16.3 Å². The molecular weight excluding hydrogens is 272 g/mol. The quantitative estimate of drug-likeness (QED) is 0.651. The second-order valence-electron chi connectivity index (χ2n) is 4.02. The number of nitrogens with zero attached hydrogens (tertiary/aromatic N) is 1. The fourth-order valence-electron chi connectivity index (χ4n) is 1.47. The zero-order valence-corrected chi connectivity index (χ0v) is 11.5. The van der Waals surface area contributed by atoms with Gasteiger partial charge in [0.2, 0.25) is 0 Å². The van der Waals surface area contributed by atoms with Crippen LogP contribution < -0.4 is 0 Å². The van der Waals surface area contributed by atoms with Crippen LogP contribution in [0.1, 0.15) is 13.3 Å². The maximum absolute atomic E-state index is 10.8. The van der Waals surface area contributed by atoms with Crippen LogP contribution in [0, 0.1) is 0 Å². The molecule has 2 rings (SSSR count). The largest absolute Gasteiger partial charge is 0.333 e. The number of nitrogens with one attached hydrogen (secondary N) is 1. The SMILES string of the molecule is CC(CCSc1nc2ccccc2[nH]1)S(=O)(=O)O. The summed E-state index contributed by atoms with van der Waals surface area (Å²) in [5.74, 6) is 0.584. The van der Waals surface area contributed by atoms with Crippen molar-refractivity contribution in [1.82, 2.24) is 9.97 Å². The van der Waals surface area contributed by atoms with Gasteiger partial charge in [-0.05, 0) is 25.5 Å². The molecule has 1 heterocycles. The molecule has 0 radical (unpaired) electrons. The maximum Gasteiger partial charge on any atom is 0.267 e. The van der Waals surface area contributed by atoms with Crippen LogP contribution >= 0.6 is 11.8 Å². The van der Waals surface area contributed by atoms with Crippen LogP contribution in [0.2, 0.25) is 0 Å². The van der Waals surface area contributed by atoms with E-state index in [0.717, 1.165) is 16.2 Å². The highest BCUT2D eigenvalue weighted by molar-refractivity contribution is 7.99. The van der Waals surface area contributed by atoms with Crippen molar-refractivity contribution in [3.8, 4) is 0 Å². The predicted octanol–water partition coefficient (Wildman–Crippen LogP) is 2.32. The highest BCUT2D eigenvalue weighted by Gasteiger charge is 2.16. The van der Waals surface area contributed by atoms with E-state index in [1.54, 1.807) is 0 Å². The Labute approximate surface area is 110 Å². The third-order valence-corrected chi connectivity index (χ3v) is 4.80. The molecule has 2 N–H and O–H groups in total. The number of aromatic nitrogens is 2. The Morgan fingerprint density at radius 2 is 2.17 bits per heavy atom. The molecule has 1 aromatic carbocycles. The van der Waals surface area contributed by atoms with E-state index < -0.39 is 15.4 Å². The summed E-state index contributed by atoms with van der Waals surface area (Å²) in [5.41, 5.74) is 1.85. The van der Waals surface area contributed by atoms with Gasteiger partial charge in [0.1, 0.15) is 0 Å². The highest BCUT2D eigenvalue weighted by Crippen LogP contribution is 2.20. The number of rotatable bonds is 5. The maximum atomic E-state index is 10.8. The topological polar surface area (TPSA) is 83.0 Å². The number of H-pyrrole nitrogens is 1. The summed E-state index contributed by atoms with van der Waals surface area (Å²) in [4.78, 5) is 7.52. The molecule has 0 saturated carbocycles. The van der Waals surface area contributed by atoms with Gasteiger partial charge in [-0.1, -0.05) is 23.9 Å². The molecule has 1 atom stereocenters. The fourth-order valence-corrected chi connectivity index (χ4v) is 3.04. The first-order valence-electron chi connectivity index (χ1n) is 5.50. The number of fused-ring (bicyclic) bond motifs is 1. The van der Waals surface area contributed by atoms with Crippen molar-refractivity contribution in [2.75, 3.05) is 5.75 Å². The Morgan fingerprint density at radius 3 is 2.83 bits per heavy atom. The summed E-state index contributed by atoms with van der Waals surface area (Å²) in [6.07, 6.45) is 0.389. The summed E-state index contributed by atoms with van der Waals surface area (Å²) in [5, 5.41) is 0.0214. The molecule has 7 heteroatoms. The predicted molar refractivity (Wildman–Crippen MR) is 72.4 cm³/mol. The first-order chi connectivity index (χ1) is 8.47. The molecule has 0 aliphatic rings. The molecule has 0 spiro atoms. The molecule has 0 bridgehead atoms. The first kappa shape index (κ1) is 13.4. The molecule has 0 aliphatic heterocycles. The molecule has 1 unspecified atom stereocenters. The summed E-state index contributed by atoms with van der Waals surface area (Å²) in [7, 11) is -3.93. The third-order valence-electron chi connectivity index (χ3n) is 2.64. The Bertz CT molecular complexity index is 604. The van der Waals surface area contributed by atoms with Crippen LogP contribution in [-0.2, 0) is 10.1 Å². The van der Waals surface area contributed by atoms with Gasteiger partial charge in [-0.2, -0.15) is 8.42 Å². The lowest BCUT2D eigenvalue weighted by Crippen LogP contribution is -2.17. The summed E-state index contributed by atoms with van der Waals surface area (Å²) >= 11 is 1.45. The van der Waals surface area contributed by atoms with E-state index in [0.29, 0.717) is 12.2 Å². The van der Waals surface area contributed by atoms with Gasteiger partial charge >= 0.3 is 0 Å². The normalized spacial score (nSPS) is 13.9. The minimum atomic E-state index is -3.93. The van der Waals surface area contributed by atoms with Crippen LogP contribution in [0.15, 0.2) is 29.4 Å². The van der Waals surface area contributed by atoms with Crippen molar-refractivity contribution in [2.45, 2.75) is 23.8 Å². The average molecular weight is 286 g/mol. The van der Waals surface area contributed by atoms with Gasteiger partial charge in [-0.15, -0.1) is 0 Å². The Balaban J connectivity index is 1.95. The monoisotopic (exact) mass is 286 g/mol. The second kappa shape index (κ2) is 5.29. The van der Waals surface area contributed by atoms with Crippen LogP contribution in [0.3, 0.4) is 0 Å². The Morgan fingerprint density at radius 1 is 1.44 bits per heavy atom. The molecule has 0 saturated heterocycles. The van der Waals surface area contributed by atoms with Crippen molar-refractivity contribution in [3.63, 3.8) is 0 Å². The van der Waals surface area contributed by atoms with Crippen molar-refractivity contribution < 1.29 is 13.0 Å². The van der Waals surface area contributed by atoms with Crippen molar-refractivity contribution in [3.05, 3.63) is 24.3 Å². The summed E-state index contributed by atoms with van der Waals surface area (Å²) in [6, 6.07) is 7.69. The van der Waals surface area contributed by atoms with E-state index >= 15 is 0 Å². The van der Waals surface area contributed by atoms with Gasteiger partial charge in [0.25, 0.3) is 10.1 Å². The molecule has 18 heavy (non-hydrogen) atoms. The third kappa shape index (κ3) is 3.24. The number of aromatic amines is 1. The minimum Gasteiger partial charge on any atom is -0.333 e. The first-order valence-corrected chi connectivity index (χ1v) is 7.99. The van der Waals surface area contributed by atoms with Gasteiger partial charge in [0, 0.05) is 5.75 Å². The van der Waals surface area contributed by atoms with Gasteiger partial charge < -0.3 is 4.98 Å². The zero-order chi connectivity index (χ0) is 13.2. The number of thioether (sulfide) groups is 1. The fraction of sp³-hybridized carbons (Fsp3) is 0.364. The Kier molecular flexibility index (Phi) is 3.94. The average Bonchev–Trinajstić information content (AvgIpc) is 2.70. The van der Waals surface area contributed by atoms with Crippen molar-refractivity contribution in [2.24, 2.45) is 0 Å². The standard InChI is InChI=1S/C11H14N2O3S2/c1-8(18(14,15)16)6-7-17-11-12-9-4-2-3-5-10(9)13-11/h2-5,8H,6-7H2,1H3,(H,12,13)(H,14,15,16). The highest BCUT2D eigenvalue weighted by atomic mass is 32.2. The molecule has 0 amide bonds. The molecule has 0 aliphatic carbocycles. The number of para-hydroxylation sites is 2. The second-order valence-corrected chi connectivity index (χ2v) is 6.94. The molecule has 2 aromatic rings. The van der Waals surface area contributed by atoms with Gasteiger partial charge in [0.15, 0.2) is 5.16 Å². The molecule has 1 aromatic heterocycles. The lowest BCUT2D eigenvalue weighted by Gasteiger charge is -2.05. The van der Waals surface area contributed by atoms with Crippen LogP contribution in [0.25, 0.3) is 11.0 Å². The minimum absolute atomic E-state index is 0.389. The van der Waals surface area contributed by atoms with E-state index in [1.807, 2.05) is 24.3 Å². The lowest BCUT2D eigenvalue weighted by molar-refractivity contribution is 0.469. The van der Waals surface area contributed by atoms with Crippen LogP contribution in [-0.4, -0.2) is 33.9 Å². The van der Waals surface area contributed by atoms with E-state index in [9.17, 15) is 8.42 Å². The molecule has 0 fully saturated rings. The Hall–Kier alpha value is -1.05. The number of imidazole rings is 1. The van der Waals surface area contributed by atoms with E-state index in [2.05, 4.69) is 9.97 Å². The molecule has 98 valence electrons. The number of hydrogen-bond acceptors (Lipinski definition) is 4. The van der Waals surface area contributed by atoms with Crippen LogP contribution in [0.4, 0.5) is 0 Å². The van der Waals surface area contributed by atoms with Crippen molar-refractivity contribution >= 4 is 32.9 Å². The number of hydrogen-bond donors (Lipinski definition) is 2. The lowest BCUT2D eigenvalue weighted by atomic mass is 10.3. The van der Waals surface area contributed by atoms with Gasteiger partial charge in [-0.3, -0.25) is 4.55 Å². The van der Waals surface area contributed by atoms with Crippen molar-refractivity contribution in [1.29, 1.82) is 0 Å². The molecular formula is C11H14N2O3S2. The van der Waals surface area contributed by atoms with E-state index in [1.165, 1.54) is 18.7 Å². The van der Waals surface area contributed by atoms with E-state index in [-0.39, 0.29) is 0 Å².